The van der Waals surface area contributed by atoms with Gasteiger partial charge in [-0.2, -0.15) is 0 Å². The number of hydrogen-bond donors (Lipinski definition) is 0. The summed E-state index contributed by atoms with van der Waals surface area (Å²) in [5.41, 5.74) is 0.0676. The van der Waals surface area contributed by atoms with E-state index in [1.807, 2.05) is 21.9 Å². The molecule has 0 N–H and O–H groups in total. The fraction of sp³-hybridized carbons (Fsp3) is 0.440. The summed E-state index contributed by atoms with van der Waals surface area (Å²) in [6.07, 6.45) is 1.92. The predicted octanol–water partition coefficient (Wildman–Crippen LogP) is 4.54. The Labute approximate surface area is 204 Å². The van der Waals surface area contributed by atoms with Crippen molar-refractivity contribution in [3.63, 3.8) is 0 Å². The fourth-order valence-electron chi connectivity index (χ4n) is 4.51. The molecular weight excluding hydrogens is 463 g/mol. The van der Waals surface area contributed by atoms with Gasteiger partial charge in [-0.1, -0.05) is 29.3 Å². The number of rotatable bonds is 6. The monoisotopic (exact) mass is 490 g/mol. The molecule has 2 aromatic rings. The van der Waals surface area contributed by atoms with Gasteiger partial charge in [0.25, 0.3) is 5.91 Å². The van der Waals surface area contributed by atoms with E-state index in [1.54, 1.807) is 36.4 Å². The van der Waals surface area contributed by atoms with E-state index in [1.165, 1.54) is 0 Å². The Hall–Kier alpha value is -2.28. The van der Waals surface area contributed by atoms with Crippen LogP contribution in [-0.2, 0) is 9.53 Å². The Kier molecular flexibility index (Phi) is 7.78. The van der Waals surface area contributed by atoms with E-state index in [9.17, 15) is 9.59 Å². The van der Waals surface area contributed by atoms with Crippen LogP contribution in [0, 0.1) is 5.41 Å². The zero-order valence-electron chi connectivity index (χ0n) is 18.5. The Balaban J connectivity index is 1.53. The molecule has 8 heteroatoms. The molecule has 2 aliphatic rings. The van der Waals surface area contributed by atoms with Gasteiger partial charge in [-0.15, -0.1) is 0 Å². The molecule has 0 bridgehead atoms. The molecule has 0 saturated carbocycles. The van der Waals surface area contributed by atoms with Crippen molar-refractivity contribution in [1.82, 2.24) is 9.80 Å². The number of ether oxygens (including phenoxy) is 2. The van der Waals surface area contributed by atoms with Gasteiger partial charge in [-0.05, 0) is 55.3 Å². The molecule has 2 amide bonds. The van der Waals surface area contributed by atoms with Gasteiger partial charge < -0.3 is 19.3 Å². The number of halogens is 2. The van der Waals surface area contributed by atoms with Gasteiger partial charge in [-0.25, -0.2) is 0 Å². The van der Waals surface area contributed by atoms with E-state index in [0.29, 0.717) is 73.8 Å². The maximum atomic E-state index is 13.2. The molecule has 1 atom stereocenters. The van der Waals surface area contributed by atoms with Crippen molar-refractivity contribution in [1.29, 1.82) is 0 Å². The molecule has 4 rings (SSSR count). The quantitative estimate of drug-likeness (QED) is 0.596. The second-order valence-corrected chi connectivity index (χ2v) is 9.63. The average molecular weight is 491 g/mol. The summed E-state index contributed by atoms with van der Waals surface area (Å²) in [6.45, 7) is 3.72. The number of likely N-dealkylation sites (tertiary alicyclic amines) is 1. The first kappa shape index (κ1) is 23.9. The van der Waals surface area contributed by atoms with Crippen LogP contribution in [0.5, 0.6) is 5.75 Å². The van der Waals surface area contributed by atoms with Crippen molar-refractivity contribution in [2.24, 2.45) is 5.41 Å². The minimum absolute atomic E-state index is 0.0770. The van der Waals surface area contributed by atoms with E-state index < -0.39 is 5.41 Å². The van der Waals surface area contributed by atoms with Crippen molar-refractivity contribution in [3.8, 4) is 5.75 Å². The minimum atomic E-state index is -0.485. The lowest BCUT2D eigenvalue weighted by atomic mass is 9.77. The summed E-state index contributed by atoms with van der Waals surface area (Å²) in [7, 11) is 0. The number of carbonyl (C=O) groups is 2. The molecule has 33 heavy (non-hydrogen) atoms. The van der Waals surface area contributed by atoms with Gasteiger partial charge in [0.15, 0.2) is 0 Å². The molecule has 0 radical (unpaired) electrons. The maximum Gasteiger partial charge on any atom is 0.253 e. The largest absolute Gasteiger partial charge is 0.493 e. The van der Waals surface area contributed by atoms with Crippen LogP contribution in [0.4, 0.5) is 0 Å². The second kappa shape index (κ2) is 10.8. The van der Waals surface area contributed by atoms with Crippen LogP contribution in [0.2, 0.25) is 10.0 Å². The molecule has 6 nitrogen and oxygen atoms in total. The number of benzene rings is 2. The number of piperidine rings is 1. The van der Waals surface area contributed by atoms with Gasteiger partial charge in [0, 0.05) is 53.6 Å². The Bertz CT molecular complexity index is 979. The normalized spacial score (nSPS) is 21.0. The smallest absolute Gasteiger partial charge is 0.253 e. The Morgan fingerprint density at radius 2 is 1.73 bits per heavy atom. The van der Waals surface area contributed by atoms with Crippen LogP contribution in [0.3, 0.4) is 0 Å². The molecule has 0 aliphatic carbocycles. The number of carbonyl (C=O) groups excluding carboxylic acids is 2. The lowest BCUT2D eigenvalue weighted by Crippen LogP contribution is -2.52. The van der Waals surface area contributed by atoms with E-state index >= 15 is 0 Å². The van der Waals surface area contributed by atoms with Crippen molar-refractivity contribution in [2.45, 2.75) is 19.3 Å². The van der Waals surface area contributed by atoms with Crippen LogP contribution < -0.4 is 4.74 Å². The van der Waals surface area contributed by atoms with Crippen LogP contribution in [0.15, 0.2) is 48.5 Å². The second-order valence-electron chi connectivity index (χ2n) is 8.75. The summed E-state index contributed by atoms with van der Waals surface area (Å²) in [5.74, 6) is 0.692. The van der Waals surface area contributed by atoms with Crippen molar-refractivity contribution >= 4 is 35.0 Å². The van der Waals surface area contributed by atoms with E-state index in [4.69, 9.17) is 32.7 Å². The highest BCUT2D eigenvalue weighted by molar-refractivity contribution is 6.31. The van der Waals surface area contributed by atoms with Crippen LogP contribution >= 0.6 is 23.2 Å². The first-order chi connectivity index (χ1) is 15.9. The van der Waals surface area contributed by atoms with E-state index in [0.717, 1.165) is 12.8 Å². The summed E-state index contributed by atoms with van der Waals surface area (Å²) in [4.78, 5) is 30.1. The third-order valence-electron chi connectivity index (χ3n) is 6.27. The molecule has 176 valence electrons. The molecule has 2 aliphatic heterocycles. The molecule has 0 unspecified atom stereocenters. The summed E-state index contributed by atoms with van der Waals surface area (Å²) in [5, 5.41) is 1.16. The van der Waals surface area contributed by atoms with Gasteiger partial charge in [0.05, 0.1) is 19.8 Å². The number of nitrogens with zero attached hydrogens (tertiary/aromatic N) is 2. The molecule has 2 heterocycles. The lowest BCUT2D eigenvalue weighted by molar-refractivity contribution is -0.139. The standard InChI is InChI=1S/C25H28Cl2N2O4/c26-20-5-7-22(8-6-20)33-18-25(16-23(30)28-11-13-32-14-12-28)9-2-10-29(17-25)24(31)19-3-1-4-21(27)15-19/h1,3-8,15H,2,9-14,16-18H2/t25-/m1/s1. The molecule has 2 fully saturated rings. The Morgan fingerprint density at radius 3 is 2.45 bits per heavy atom. The lowest BCUT2D eigenvalue weighted by Gasteiger charge is -2.43. The topological polar surface area (TPSA) is 59.1 Å². The molecule has 2 aromatic carbocycles. The van der Waals surface area contributed by atoms with Gasteiger partial charge >= 0.3 is 0 Å². The van der Waals surface area contributed by atoms with Gasteiger partial charge in [0.2, 0.25) is 5.91 Å². The highest BCUT2D eigenvalue weighted by Crippen LogP contribution is 2.36. The van der Waals surface area contributed by atoms with Gasteiger partial charge in [-0.3, -0.25) is 9.59 Å². The maximum absolute atomic E-state index is 13.2. The van der Waals surface area contributed by atoms with Crippen molar-refractivity contribution in [2.75, 3.05) is 46.0 Å². The van der Waals surface area contributed by atoms with Crippen LogP contribution in [0.25, 0.3) is 0 Å². The zero-order chi connectivity index (χ0) is 23.3. The van der Waals surface area contributed by atoms with Crippen molar-refractivity contribution < 1.29 is 19.1 Å². The molecule has 0 spiro atoms. The highest BCUT2D eigenvalue weighted by atomic mass is 35.5. The van der Waals surface area contributed by atoms with Crippen LogP contribution in [0.1, 0.15) is 29.6 Å². The predicted molar refractivity (Wildman–Crippen MR) is 128 cm³/mol. The zero-order valence-corrected chi connectivity index (χ0v) is 20.0. The Morgan fingerprint density at radius 1 is 0.970 bits per heavy atom. The summed E-state index contributed by atoms with van der Waals surface area (Å²) in [6, 6.07) is 14.2. The van der Waals surface area contributed by atoms with E-state index in [-0.39, 0.29) is 11.8 Å². The SMILES string of the molecule is O=C(C[C@]1(COc2ccc(Cl)cc2)CCCN(C(=O)c2cccc(Cl)c2)C1)N1CCOCC1. The third kappa shape index (κ3) is 6.19. The summed E-state index contributed by atoms with van der Waals surface area (Å²) >= 11 is 12.1. The van der Waals surface area contributed by atoms with Gasteiger partial charge in [0.1, 0.15) is 5.75 Å². The highest BCUT2D eigenvalue weighted by Gasteiger charge is 2.41. The molecule has 0 aromatic heterocycles. The molecule has 2 saturated heterocycles. The number of amides is 2. The minimum Gasteiger partial charge on any atom is -0.493 e. The number of hydrogen-bond acceptors (Lipinski definition) is 4. The summed E-state index contributed by atoms with van der Waals surface area (Å²) < 4.78 is 11.5. The van der Waals surface area contributed by atoms with E-state index in [2.05, 4.69) is 0 Å². The fourth-order valence-corrected chi connectivity index (χ4v) is 4.83. The number of morpholine rings is 1. The first-order valence-corrected chi connectivity index (χ1v) is 12.0. The first-order valence-electron chi connectivity index (χ1n) is 11.2. The average Bonchev–Trinajstić information content (AvgIpc) is 2.84. The van der Waals surface area contributed by atoms with Crippen LogP contribution in [-0.4, -0.2) is 67.6 Å². The van der Waals surface area contributed by atoms with Crippen molar-refractivity contribution in [3.05, 3.63) is 64.1 Å². The third-order valence-corrected chi connectivity index (χ3v) is 6.76. The molecular formula is C25H28Cl2N2O4.